The number of methoxy groups -OCH3 is 1. The van der Waals surface area contributed by atoms with Crippen LogP contribution in [0.15, 0.2) is 58.1 Å². The van der Waals surface area contributed by atoms with Gasteiger partial charge in [0.2, 0.25) is 5.76 Å². The van der Waals surface area contributed by atoms with E-state index in [1.165, 1.54) is 47.1 Å². The summed E-state index contributed by atoms with van der Waals surface area (Å²) >= 11 is 0. The third-order valence-electron chi connectivity index (χ3n) is 4.24. The molecule has 0 atom stereocenters. The number of hydrogen-bond acceptors (Lipinski definition) is 8. The Morgan fingerprint density at radius 3 is 2.83 bits per heavy atom. The van der Waals surface area contributed by atoms with Crippen LogP contribution in [0.25, 0.3) is 16.7 Å². The number of ether oxygens (including phenoxy) is 1. The molecule has 3 heterocycles. The van der Waals surface area contributed by atoms with Crippen molar-refractivity contribution in [3.8, 4) is 5.69 Å². The van der Waals surface area contributed by atoms with Crippen molar-refractivity contribution in [1.29, 1.82) is 0 Å². The van der Waals surface area contributed by atoms with Crippen LogP contribution in [0.2, 0.25) is 0 Å². The standard InChI is InChI=1S/C18H13N5O6/c1-28-18(25)15-7-6-11(29-15)9-21-10-19-16-12(17(21)24)8-20-22(16)13-4-2-3-5-14(13)23(26)27/h2-8,10H,9H2,1H3. The highest BCUT2D eigenvalue weighted by atomic mass is 16.6. The van der Waals surface area contributed by atoms with Crippen LogP contribution >= 0.6 is 0 Å². The minimum absolute atomic E-state index is 0.0220. The molecule has 0 unspecified atom stereocenters. The molecule has 0 radical (unpaired) electrons. The van der Waals surface area contributed by atoms with Crippen molar-refractivity contribution < 1.29 is 18.9 Å². The van der Waals surface area contributed by atoms with E-state index in [4.69, 9.17) is 4.42 Å². The quantitative estimate of drug-likeness (QED) is 0.284. The van der Waals surface area contributed by atoms with Crippen LogP contribution in [0.4, 0.5) is 5.69 Å². The number of rotatable bonds is 5. The molecule has 0 N–H and O–H groups in total. The molecule has 1 aromatic carbocycles. The van der Waals surface area contributed by atoms with Crippen LogP contribution in [-0.4, -0.2) is 37.3 Å². The van der Waals surface area contributed by atoms with Gasteiger partial charge in [-0.2, -0.15) is 5.10 Å². The molecule has 0 aliphatic rings. The lowest BCUT2D eigenvalue weighted by molar-refractivity contribution is -0.384. The Kier molecular flexibility index (Phi) is 4.39. The fourth-order valence-electron chi connectivity index (χ4n) is 2.88. The van der Waals surface area contributed by atoms with Crippen LogP contribution in [0.3, 0.4) is 0 Å². The molecule has 0 aliphatic carbocycles. The first-order chi connectivity index (χ1) is 14.0. The maximum Gasteiger partial charge on any atom is 0.373 e. The zero-order valence-corrected chi connectivity index (χ0v) is 15.0. The summed E-state index contributed by atoms with van der Waals surface area (Å²) in [6, 6.07) is 9.05. The zero-order chi connectivity index (χ0) is 20.5. The maximum atomic E-state index is 12.8. The number of nitro benzene ring substituents is 1. The van der Waals surface area contributed by atoms with Gasteiger partial charge in [0.25, 0.3) is 11.2 Å². The topological polar surface area (TPSA) is 135 Å². The van der Waals surface area contributed by atoms with Crippen LogP contribution in [-0.2, 0) is 11.3 Å². The van der Waals surface area contributed by atoms with Gasteiger partial charge < -0.3 is 9.15 Å². The average Bonchev–Trinajstić information content (AvgIpc) is 3.37. The van der Waals surface area contributed by atoms with E-state index in [0.29, 0.717) is 5.76 Å². The molecule has 0 fully saturated rings. The van der Waals surface area contributed by atoms with Crippen LogP contribution < -0.4 is 5.56 Å². The summed E-state index contributed by atoms with van der Waals surface area (Å²) in [4.78, 5) is 39.3. The first-order valence-corrected chi connectivity index (χ1v) is 8.33. The summed E-state index contributed by atoms with van der Waals surface area (Å²) in [6.07, 6.45) is 2.60. The third kappa shape index (κ3) is 3.14. The summed E-state index contributed by atoms with van der Waals surface area (Å²) in [5.74, 6) is -0.239. The summed E-state index contributed by atoms with van der Waals surface area (Å²) in [5.41, 5.74) is -0.175. The second-order valence-electron chi connectivity index (χ2n) is 5.97. The highest BCUT2D eigenvalue weighted by Gasteiger charge is 2.19. The van der Waals surface area contributed by atoms with E-state index in [2.05, 4.69) is 14.8 Å². The van der Waals surface area contributed by atoms with Gasteiger partial charge in [-0.15, -0.1) is 0 Å². The number of carbonyl (C=O) groups is 1. The SMILES string of the molecule is COC(=O)c1ccc(Cn2cnc3c(cnn3-c3ccccc3[N+](=O)[O-])c2=O)o1. The predicted molar refractivity (Wildman–Crippen MR) is 98.9 cm³/mol. The summed E-state index contributed by atoms with van der Waals surface area (Å²) in [7, 11) is 1.24. The fraction of sp³-hybridized carbons (Fsp3) is 0.111. The first kappa shape index (κ1) is 18.1. The van der Waals surface area contributed by atoms with Crippen LogP contribution in [0.5, 0.6) is 0 Å². The van der Waals surface area contributed by atoms with Crippen molar-refractivity contribution in [3.05, 3.63) is 80.9 Å². The number of nitro groups is 1. The lowest BCUT2D eigenvalue weighted by Crippen LogP contribution is -2.21. The molecule has 0 amide bonds. The number of esters is 1. The Morgan fingerprint density at radius 2 is 2.07 bits per heavy atom. The van der Waals surface area contributed by atoms with Gasteiger partial charge in [-0.05, 0) is 18.2 Å². The Hall–Kier alpha value is -4.28. The monoisotopic (exact) mass is 395 g/mol. The molecule has 11 nitrogen and oxygen atoms in total. The molecule has 11 heteroatoms. The Morgan fingerprint density at radius 1 is 1.28 bits per heavy atom. The lowest BCUT2D eigenvalue weighted by Gasteiger charge is -2.05. The number of carbonyl (C=O) groups excluding carboxylic acids is 1. The van der Waals surface area contributed by atoms with Gasteiger partial charge in [0.1, 0.15) is 23.2 Å². The number of nitrogens with zero attached hydrogens (tertiary/aromatic N) is 5. The zero-order valence-electron chi connectivity index (χ0n) is 15.0. The number of aromatic nitrogens is 4. The van der Waals surface area contributed by atoms with Crippen molar-refractivity contribution in [2.75, 3.05) is 7.11 Å². The summed E-state index contributed by atoms with van der Waals surface area (Å²) < 4.78 is 12.5. The Bertz CT molecular complexity index is 1300. The normalized spacial score (nSPS) is 10.9. The van der Waals surface area contributed by atoms with E-state index in [1.807, 2.05) is 0 Å². The molecule has 146 valence electrons. The molecule has 29 heavy (non-hydrogen) atoms. The molecule has 4 rings (SSSR count). The van der Waals surface area contributed by atoms with Crippen molar-refractivity contribution in [1.82, 2.24) is 19.3 Å². The van der Waals surface area contributed by atoms with Gasteiger partial charge in [0.15, 0.2) is 5.65 Å². The number of fused-ring (bicyclic) bond motifs is 1. The van der Waals surface area contributed by atoms with Crippen molar-refractivity contribution in [2.45, 2.75) is 6.54 Å². The van der Waals surface area contributed by atoms with Crippen molar-refractivity contribution in [3.63, 3.8) is 0 Å². The van der Waals surface area contributed by atoms with Gasteiger partial charge in [-0.3, -0.25) is 19.5 Å². The van der Waals surface area contributed by atoms with E-state index in [1.54, 1.807) is 18.2 Å². The van der Waals surface area contributed by atoms with Gasteiger partial charge in [-0.1, -0.05) is 12.1 Å². The number of furan rings is 1. The first-order valence-electron chi connectivity index (χ1n) is 8.33. The van der Waals surface area contributed by atoms with E-state index < -0.39 is 16.5 Å². The highest BCUT2D eigenvalue weighted by molar-refractivity contribution is 5.86. The highest BCUT2D eigenvalue weighted by Crippen LogP contribution is 2.24. The average molecular weight is 395 g/mol. The smallest absolute Gasteiger partial charge is 0.373 e. The van der Waals surface area contributed by atoms with E-state index in [0.717, 1.165) is 0 Å². The van der Waals surface area contributed by atoms with Gasteiger partial charge >= 0.3 is 5.97 Å². The molecule has 0 saturated heterocycles. The van der Waals surface area contributed by atoms with E-state index >= 15 is 0 Å². The molecule has 4 aromatic rings. The third-order valence-corrected chi connectivity index (χ3v) is 4.24. The van der Waals surface area contributed by atoms with Crippen LogP contribution in [0, 0.1) is 10.1 Å². The lowest BCUT2D eigenvalue weighted by atomic mass is 10.2. The van der Waals surface area contributed by atoms with Gasteiger partial charge in [-0.25, -0.2) is 14.5 Å². The minimum Gasteiger partial charge on any atom is -0.463 e. The van der Waals surface area contributed by atoms with Crippen LogP contribution in [0.1, 0.15) is 16.3 Å². The molecular weight excluding hydrogens is 382 g/mol. The number of para-hydroxylation sites is 2. The van der Waals surface area contributed by atoms with Gasteiger partial charge in [0, 0.05) is 6.07 Å². The number of hydrogen-bond donors (Lipinski definition) is 0. The van der Waals surface area contributed by atoms with E-state index in [-0.39, 0.29) is 34.7 Å². The second-order valence-corrected chi connectivity index (χ2v) is 5.97. The predicted octanol–water partition coefficient (Wildman–Crippen LogP) is 1.92. The molecular formula is C18H13N5O6. The largest absolute Gasteiger partial charge is 0.463 e. The molecule has 0 bridgehead atoms. The fourth-order valence-corrected chi connectivity index (χ4v) is 2.88. The molecule has 0 aliphatic heterocycles. The molecule has 3 aromatic heterocycles. The van der Waals surface area contributed by atoms with Crippen molar-refractivity contribution in [2.24, 2.45) is 0 Å². The summed E-state index contributed by atoms with van der Waals surface area (Å²) in [5, 5.41) is 15.6. The molecule has 0 spiro atoms. The second kappa shape index (κ2) is 7.03. The Balaban J connectivity index is 1.74. The maximum absolute atomic E-state index is 12.8. The van der Waals surface area contributed by atoms with Crippen molar-refractivity contribution >= 4 is 22.7 Å². The molecule has 0 saturated carbocycles. The number of benzene rings is 1. The minimum atomic E-state index is -0.622. The van der Waals surface area contributed by atoms with E-state index in [9.17, 15) is 19.7 Å². The Labute approximate surface area is 161 Å². The summed E-state index contributed by atoms with van der Waals surface area (Å²) in [6.45, 7) is 0.0371. The van der Waals surface area contributed by atoms with Gasteiger partial charge in [0.05, 0.1) is 24.8 Å².